The van der Waals surface area contributed by atoms with Gasteiger partial charge in [0.05, 0.1) is 36.3 Å². The first-order valence-corrected chi connectivity index (χ1v) is 8.61. The molecule has 1 aliphatic rings. The van der Waals surface area contributed by atoms with E-state index in [4.69, 9.17) is 9.47 Å². The molecule has 4 nitrogen and oxygen atoms in total. The third-order valence-corrected chi connectivity index (χ3v) is 4.72. The average molecular weight is 452 g/mol. The molecule has 0 spiro atoms. The summed E-state index contributed by atoms with van der Waals surface area (Å²) >= 11 is 2.12. The molecule has 0 bridgehead atoms. The number of nitrogens with zero attached hydrogens (tertiary/aromatic N) is 2. The molecule has 0 amide bonds. The normalized spacial score (nSPS) is 17.7. The van der Waals surface area contributed by atoms with Crippen LogP contribution in [0.2, 0.25) is 0 Å². The van der Waals surface area contributed by atoms with Crippen molar-refractivity contribution >= 4 is 22.6 Å². The van der Waals surface area contributed by atoms with Gasteiger partial charge in [-0.05, 0) is 48.6 Å². The SMILES string of the molecule is CCOc1cc(-n2nc(I)c3c2CC(C)OC3)ccc1C(F)(F)F. The number of fused-ring (bicyclic) bond motifs is 1. The lowest BCUT2D eigenvalue weighted by molar-refractivity contribution is -0.138. The van der Waals surface area contributed by atoms with Gasteiger partial charge in [0.1, 0.15) is 9.45 Å². The Hall–Kier alpha value is -1.29. The Morgan fingerprint density at radius 1 is 1.42 bits per heavy atom. The molecular formula is C16H16F3IN2O2. The van der Waals surface area contributed by atoms with Crippen LogP contribution in [-0.2, 0) is 23.9 Å². The maximum absolute atomic E-state index is 13.1. The summed E-state index contributed by atoms with van der Waals surface area (Å²) in [6.45, 7) is 4.25. The summed E-state index contributed by atoms with van der Waals surface area (Å²) in [5, 5.41) is 4.48. The summed E-state index contributed by atoms with van der Waals surface area (Å²) in [5.74, 6) is -0.179. The van der Waals surface area contributed by atoms with E-state index in [1.54, 1.807) is 11.6 Å². The standard InChI is InChI=1S/C16H16F3IN2O2/c1-3-23-14-7-10(4-5-12(14)16(17,18)19)22-13-6-9(2)24-8-11(13)15(20)21-22/h4-5,7,9H,3,6,8H2,1-2H3. The Kier molecular flexibility index (Phi) is 4.78. The van der Waals surface area contributed by atoms with Gasteiger partial charge in [-0.1, -0.05) is 0 Å². The molecule has 3 rings (SSSR count). The Bertz CT molecular complexity index is 759. The Balaban J connectivity index is 2.09. The van der Waals surface area contributed by atoms with Crippen molar-refractivity contribution in [2.24, 2.45) is 0 Å². The number of alkyl halides is 3. The van der Waals surface area contributed by atoms with E-state index < -0.39 is 11.7 Å². The summed E-state index contributed by atoms with van der Waals surface area (Å²) in [6.07, 6.45) is -3.75. The van der Waals surface area contributed by atoms with Crippen LogP contribution in [0.5, 0.6) is 5.75 Å². The molecule has 0 fully saturated rings. The number of ether oxygens (including phenoxy) is 2. The fraction of sp³-hybridized carbons (Fsp3) is 0.438. The zero-order valence-corrected chi connectivity index (χ0v) is 15.3. The van der Waals surface area contributed by atoms with Gasteiger partial charge in [-0.15, -0.1) is 0 Å². The van der Waals surface area contributed by atoms with Crippen molar-refractivity contribution in [2.75, 3.05) is 6.61 Å². The van der Waals surface area contributed by atoms with Crippen molar-refractivity contribution in [3.8, 4) is 11.4 Å². The topological polar surface area (TPSA) is 36.3 Å². The van der Waals surface area contributed by atoms with Crippen LogP contribution >= 0.6 is 22.6 Å². The quantitative estimate of drug-likeness (QED) is 0.650. The molecule has 0 radical (unpaired) electrons. The lowest BCUT2D eigenvalue weighted by atomic mass is 10.1. The lowest BCUT2D eigenvalue weighted by Crippen LogP contribution is -2.21. The van der Waals surface area contributed by atoms with Crippen LogP contribution < -0.4 is 4.74 Å². The van der Waals surface area contributed by atoms with Gasteiger partial charge < -0.3 is 9.47 Å². The Morgan fingerprint density at radius 3 is 2.83 bits per heavy atom. The van der Waals surface area contributed by atoms with Crippen LogP contribution in [0.1, 0.15) is 30.7 Å². The van der Waals surface area contributed by atoms with Crippen LogP contribution in [0.15, 0.2) is 18.2 Å². The molecule has 0 saturated carbocycles. The predicted molar refractivity (Wildman–Crippen MR) is 90.4 cm³/mol. The van der Waals surface area contributed by atoms with Crippen LogP contribution in [0.3, 0.4) is 0 Å². The van der Waals surface area contributed by atoms with E-state index in [1.807, 2.05) is 6.92 Å². The summed E-state index contributed by atoms with van der Waals surface area (Å²) < 4.78 is 52.7. The molecule has 2 heterocycles. The van der Waals surface area contributed by atoms with E-state index in [1.165, 1.54) is 12.1 Å². The molecule has 0 aliphatic carbocycles. The van der Waals surface area contributed by atoms with Crippen molar-refractivity contribution in [1.29, 1.82) is 0 Å². The fourth-order valence-corrected chi connectivity index (χ4v) is 3.41. The average Bonchev–Trinajstić information content (AvgIpc) is 2.83. The number of aromatic nitrogens is 2. The number of halogens is 4. The van der Waals surface area contributed by atoms with Crippen LogP contribution in [-0.4, -0.2) is 22.5 Å². The van der Waals surface area contributed by atoms with Gasteiger partial charge in [-0.2, -0.15) is 18.3 Å². The van der Waals surface area contributed by atoms with Crippen LogP contribution in [0, 0.1) is 3.70 Å². The highest BCUT2D eigenvalue weighted by Gasteiger charge is 2.35. The molecule has 2 aromatic rings. The monoisotopic (exact) mass is 452 g/mol. The van der Waals surface area contributed by atoms with Crippen molar-refractivity contribution in [3.63, 3.8) is 0 Å². The first kappa shape index (κ1) is 17.5. The minimum absolute atomic E-state index is 0.0459. The number of hydrogen-bond acceptors (Lipinski definition) is 3. The van der Waals surface area contributed by atoms with Gasteiger partial charge in [0.25, 0.3) is 0 Å². The molecule has 24 heavy (non-hydrogen) atoms. The van der Waals surface area contributed by atoms with Gasteiger partial charge in [0.2, 0.25) is 0 Å². The molecule has 130 valence electrons. The highest BCUT2D eigenvalue weighted by atomic mass is 127. The largest absolute Gasteiger partial charge is 0.493 e. The minimum atomic E-state index is -4.46. The summed E-state index contributed by atoms with van der Waals surface area (Å²) in [7, 11) is 0. The second-order valence-corrected chi connectivity index (χ2v) is 6.59. The van der Waals surface area contributed by atoms with E-state index >= 15 is 0 Å². The molecule has 1 aromatic heterocycles. The molecule has 1 atom stereocenters. The summed E-state index contributed by atoms with van der Waals surface area (Å²) in [6, 6.07) is 3.87. The van der Waals surface area contributed by atoms with Gasteiger partial charge in [0.15, 0.2) is 0 Å². The molecule has 0 saturated heterocycles. The highest BCUT2D eigenvalue weighted by molar-refractivity contribution is 14.1. The number of benzene rings is 1. The van der Waals surface area contributed by atoms with E-state index in [0.717, 1.165) is 21.0 Å². The van der Waals surface area contributed by atoms with Crippen molar-refractivity contribution < 1.29 is 22.6 Å². The molecule has 0 N–H and O–H groups in total. The van der Waals surface area contributed by atoms with Crippen molar-refractivity contribution in [2.45, 2.75) is 39.2 Å². The van der Waals surface area contributed by atoms with Gasteiger partial charge in [0, 0.05) is 18.1 Å². The minimum Gasteiger partial charge on any atom is -0.493 e. The molecular weight excluding hydrogens is 436 g/mol. The second kappa shape index (κ2) is 6.55. The maximum atomic E-state index is 13.1. The smallest absolute Gasteiger partial charge is 0.419 e. The zero-order valence-electron chi connectivity index (χ0n) is 13.2. The van der Waals surface area contributed by atoms with Gasteiger partial charge in [-0.25, -0.2) is 4.68 Å². The van der Waals surface area contributed by atoms with E-state index in [2.05, 4.69) is 27.7 Å². The molecule has 8 heteroatoms. The molecule has 1 aromatic carbocycles. The number of rotatable bonds is 3. The first-order chi connectivity index (χ1) is 11.3. The maximum Gasteiger partial charge on any atom is 0.419 e. The van der Waals surface area contributed by atoms with E-state index in [0.29, 0.717) is 18.7 Å². The van der Waals surface area contributed by atoms with Crippen LogP contribution in [0.25, 0.3) is 5.69 Å². The van der Waals surface area contributed by atoms with E-state index in [9.17, 15) is 13.2 Å². The molecule has 1 aliphatic heterocycles. The van der Waals surface area contributed by atoms with Crippen molar-refractivity contribution in [3.05, 3.63) is 38.7 Å². The zero-order chi connectivity index (χ0) is 17.5. The highest BCUT2D eigenvalue weighted by Crippen LogP contribution is 2.38. The third-order valence-electron chi connectivity index (χ3n) is 3.85. The second-order valence-electron chi connectivity index (χ2n) is 5.56. The summed E-state index contributed by atoms with van der Waals surface area (Å²) in [5.41, 5.74) is 1.74. The third kappa shape index (κ3) is 3.26. The Morgan fingerprint density at radius 2 is 2.17 bits per heavy atom. The van der Waals surface area contributed by atoms with Crippen LogP contribution in [0.4, 0.5) is 13.2 Å². The van der Waals surface area contributed by atoms with Gasteiger partial charge in [-0.3, -0.25) is 0 Å². The molecule has 1 unspecified atom stereocenters. The number of hydrogen-bond donors (Lipinski definition) is 0. The Labute approximate surface area is 151 Å². The predicted octanol–water partition coefficient (Wildman–Crippen LogP) is 4.36. The van der Waals surface area contributed by atoms with Gasteiger partial charge >= 0.3 is 6.18 Å². The first-order valence-electron chi connectivity index (χ1n) is 7.53. The van der Waals surface area contributed by atoms with E-state index in [-0.39, 0.29) is 18.5 Å². The summed E-state index contributed by atoms with van der Waals surface area (Å²) in [4.78, 5) is 0. The van der Waals surface area contributed by atoms with Crippen molar-refractivity contribution in [1.82, 2.24) is 9.78 Å². The lowest BCUT2D eigenvalue weighted by Gasteiger charge is -2.21. The fourth-order valence-electron chi connectivity index (χ4n) is 2.73.